The van der Waals surface area contributed by atoms with Gasteiger partial charge in [0.1, 0.15) is 0 Å². The van der Waals surface area contributed by atoms with Gasteiger partial charge < -0.3 is 4.98 Å². The second-order valence-electron chi connectivity index (χ2n) is 2.97. The van der Waals surface area contributed by atoms with Crippen LogP contribution in [0.25, 0.3) is 11.0 Å². The van der Waals surface area contributed by atoms with E-state index in [0.29, 0.717) is 11.0 Å². The fourth-order valence-corrected chi connectivity index (χ4v) is 2.22. The highest BCUT2D eigenvalue weighted by atomic mass is 32.2. The smallest absolute Gasteiger partial charge is 0.305 e. The maximum absolute atomic E-state index is 11.3. The lowest BCUT2D eigenvalue weighted by molar-refractivity contribution is 0.593. The quantitative estimate of drug-likeness (QED) is 0.730. The Kier molecular flexibility index (Phi) is 1.75. The minimum absolute atomic E-state index is 0.375. The molecule has 0 bridgehead atoms. The summed E-state index contributed by atoms with van der Waals surface area (Å²) >= 11 is 0. The molecule has 1 N–H and O–H groups in total. The van der Waals surface area contributed by atoms with Gasteiger partial charge in [0, 0.05) is 0 Å². The Bertz CT molecular complexity index is 636. The van der Waals surface area contributed by atoms with Crippen molar-refractivity contribution in [1.82, 2.24) is 8.96 Å². The fourth-order valence-electron chi connectivity index (χ4n) is 1.36. The van der Waals surface area contributed by atoms with Crippen molar-refractivity contribution in [2.45, 2.75) is 0 Å². The number of benzene rings is 1. The van der Waals surface area contributed by atoms with Crippen LogP contribution in [-0.2, 0) is 10.0 Å². The van der Waals surface area contributed by atoms with Gasteiger partial charge in [0.15, 0.2) is 0 Å². The van der Waals surface area contributed by atoms with Crippen LogP contribution in [0.3, 0.4) is 0 Å². The molecule has 0 aliphatic carbocycles. The first-order valence-electron chi connectivity index (χ1n) is 3.90. The maximum Gasteiger partial charge on any atom is 0.340 e. The zero-order valence-corrected chi connectivity index (χ0v) is 8.21. The number of nitrogens with one attached hydrogen (secondary N) is 1. The van der Waals surface area contributed by atoms with Crippen molar-refractivity contribution >= 4 is 21.1 Å². The average Bonchev–Trinajstić information content (AvgIpc) is 2.38. The summed E-state index contributed by atoms with van der Waals surface area (Å²) in [5.74, 6) is 0. The van der Waals surface area contributed by atoms with E-state index < -0.39 is 15.7 Å². The maximum atomic E-state index is 11.3. The SMILES string of the molecule is CS(=O)(=O)n1c(=O)[nH]c2ccccc21. The summed E-state index contributed by atoms with van der Waals surface area (Å²) in [6.07, 6.45) is 0.995. The minimum Gasteiger partial charge on any atom is -0.305 e. The summed E-state index contributed by atoms with van der Waals surface area (Å²) in [6.45, 7) is 0. The van der Waals surface area contributed by atoms with Crippen LogP contribution in [0.4, 0.5) is 0 Å². The van der Waals surface area contributed by atoms with Crippen LogP contribution in [-0.4, -0.2) is 23.6 Å². The molecule has 5 nitrogen and oxygen atoms in total. The molecule has 0 spiro atoms. The van der Waals surface area contributed by atoms with Crippen molar-refractivity contribution in [3.05, 3.63) is 34.7 Å². The van der Waals surface area contributed by atoms with Crippen LogP contribution in [0.15, 0.2) is 29.1 Å². The molecule has 2 rings (SSSR count). The lowest BCUT2D eigenvalue weighted by atomic mass is 10.3. The molecule has 0 atom stereocenters. The van der Waals surface area contributed by atoms with Crippen LogP contribution >= 0.6 is 0 Å². The number of hydrogen-bond donors (Lipinski definition) is 1. The van der Waals surface area contributed by atoms with Crippen LogP contribution < -0.4 is 5.69 Å². The van der Waals surface area contributed by atoms with Crippen LogP contribution in [0.5, 0.6) is 0 Å². The second kappa shape index (κ2) is 2.71. The number of H-pyrrole nitrogens is 1. The van der Waals surface area contributed by atoms with Gasteiger partial charge in [-0.1, -0.05) is 12.1 Å². The third kappa shape index (κ3) is 1.24. The van der Waals surface area contributed by atoms with Gasteiger partial charge in [0.25, 0.3) is 0 Å². The molecule has 0 unspecified atom stereocenters. The Morgan fingerprint density at radius 3 is 2.57 bits per heavy atom. The van der Waals surface area contributed by atoms with Gasteiger partial charge in [-0.05, 0) is 12.1 Å². The first-order chi connectivity index (χ1) is 6.50. The van der Waals surface area contributed by atoms with E-state index in [0.717, 1.165) is 10.2 Å². The molecule has 1 aromatic carbocycles. The van der Waals surface area contributed by atoms with E-state index in [1.165, 1.54) is 0 Å². The largest absolute Gasteiger partial charge is 0.340 e. The predicted octanol–water partition coefficient (Wildman–Crippen LogP) is 0.137. The number of imidazole rings is 1. The molecule has 0 radical (unpaired) electrons. The summed E-state index contributed by atoms with van der Waals surface area (Å²) in [5, 5.41) is 0. The highest BCUT2D eigenvalue weighted by Gasteiger charge is 2.13. The summed E-state index contributed by atoms with van der Waals surface area (Å²) in [7, 11) is -3.54. The molecule has 6 heteroatoms. The molecule has 14 heavy (non-hydrogen) atoms. The Balaban J connectivity index is 3.03. The standard InChI is InChI=1S/C8H8N2O3S/c1-14(12,13)10-7-5-3-2-4-6(7)9-8(10)11/h2-5H,1H3,(H,9,11). The Morgan fingerprint density at radius 1 is 1.29 bits per heavy atom. The number of nitrogens with zero attached hydrogens (tertiary/aromatic N) is 1. The van der Waals surface area contributed by atoms with E-state index in [2.05, 4.69) is 4.98 Å². The molecule has 0 amide bonds. The number of rotatable bonds is 1. The van der Waals surface area contributed by atoms with Crippen LogP contribution in [0, 0.1) is 0 Å². The topological polar surface area (TPSA) is 71.9 Å². The summed E-state index contributed by atoms with van der Waals surface area (Å²) in [5.41, 5.74) is 0.261. The Morgan fingerprint density at radius 2 is 1.93 bits per heavy atom. The lowest BCUT2D eigenvalue weighted by Crippen LogP contribution is -2.23. The molecule has 74 valence electrons. The van der Waals surface area contributed by atoms with Crippen molar-refractivity contribution in [2.24, 2.45) is 0 Å². The van der Waals surface area contributed by atoms with Crippen molar-refractivity contribution in [1.29, 1.82) is 0 Å². The van der Waals surface area contributed by atoms with Crippen LogP contribution in [0.1, 0.15) is 0 Å². The zero-order valence-electron chi connectivity index (χ0n) is 7.39. The minimum atomic E-state index is -3.54. The lowest BCUT2D eigenvalue weighted by Gasteiger charge is -1.97. The fraction of sp³-hybridized carbons (Fsp3) is 0.125. The van der Waals surface area contributed by atoms with Crippen LogP contribution in [0.2, 0.25) is 0 Å². The number of fused-ring (bicyclic) bond motifs is 1. The van der Waals surface area contributed by atoms with E-state index in [9.17, 15) is 13.2 Å². The predicted molar refractivity (Wildman–Crippen MR) is 52.8 cm³/mol. The third-order valence-electron chi connectivity index (χ3n) is 1.88. The molecular weight excluding hydrogens is 204 g/mol. The van der Waals surface area contributed by atoms with E-state index in [4.69, 9.17) is 0 Å². The van der Waals surface area contributed by atoms with Crippen molar-refractivity contribution in [2.75, 3.05) is 6.26 Å². The molecule has 0 aliphatic heterocycles. The molecule has 1 heterocycles. The number of aromatic amines is 1. The summed E-state index contributed by atoms with van der Waals surface area (Å²) in [4.78, 5) is 13.8. The zero-order chi connectivity index (χ0) is 10.3. The average molecular weight is 212 g/mol. The second-order valence-corrected chi connectivity index (χ2v) is 4.81. The first kappa shape index (κ1) is 9.01. The van der Waals surface area contributed by atoms with Crippen molar-refractivity contribution in [3.8, 4) is 0 Å². The number of aromatic nitrogens is 2. The third-order valence-corrected chi connectivity index (χ3v) is 2.91. The molecule has 0 aliphatic rings. The monoisotopic (exact) mass is 212 g/mol. The highest BCUT2D eigenvalue weighted by Crippen LogP contribution is 2.09. The van der Waals surface area contributed by atoms with Crippen molar-refractivity contribution < 1.29 is 8.42 Å². The summed E-state index contributed by atoms with van der Waals surface area (Å²) in [6, 6.07) is 6.63. The molecule has 2 aromatic rings. The van der Waals surface area contributed by atoms with E-state index in [1.807, 2.05) is 0 Å². The van der Waals surface area contributed by atoms with Gasteiger partial charge >= 0.3 is 5.69 Å². The molecule has 0 saturated carbocycles. The van der Waals surface area contributed by atoms with Gasteiger partial charge in [0.05, 0.1) is 17.3 Å². The molecular formula is C8H8N2O3S. The Labute approximate surface area is 80.0 Å². The first-order valence-corrected chi connectivity index (χ1v) is 5.75. The highest BCUT2D eigenvalue weighted by molar-refractivity contribution is 7.89. The molecule has 1 aromatic heterocycles. The van der Waals surface area contributed by atoms with Gasteiger partial charge in [-0.3, -0.25) is 0 Å². The number of hydrogen-bond acceptors (Lipinski definition) is 3. The Hall–Kier alpha value is -1.56. The van der Waals surface area contributed by atoms with Gasteiger partial charge in [-0.2, -0.15) is 3.97 Å². The van der Waals surface area contributed by atoms with E-state index in [-0.39, 0.29) is 0 Å². The van der Waals surface area contributed by atoms with Gasteiger partial charge in [0.2, 0.25) is 10.0 Å². The molecule has 0 fully saturated rings. The van der Waals surface area contributed by atoms with Gasteiger partial charge in [-0.15, -0.1) is 0 Å². The number of para-hydroxylation sites is 2. The summed E-state index contributed by atoms with van der Waals surface area (Å²) < 4.78 is 23.3. The van der Waals surface area contributed by atoms with E-state index in [1.54, 1.807) is 24.3 Å². The van der Waals surface area contributed by atoms with Crippen molar-refractivity contribution in [3.63, 3.8) is 0 Å². The van der Waals surface area contributed by atoms with E-state index >= 15 is 0 Å². The van der Waals surface area contributed by atoms with Gasteiger partial charge in [-0.25, -0.2) is 13.2 Å². The molecule has 0 saturated heterocycles. The normalized spacial score (nSPS) is 12.1.